The lowest BCUT2D eigenvalue weighted by Gasteiger charge is -2.32. The molecule has 96 valence electrons. The van der Waals surface area contributed by atoms with Crippen LogP contribution in [0, 0.1) is 0 Å². The first-order chi connectivity index (χ1) is 8.38. The molecule has 1 saturated heterocycles. The average molecular weight is 237 g/mol. The summed E-state index contributed by atoms with van der Waals surface area (Å²) in [6, 6.07) is 0.637. The summed E-state index contributed by atoms with van der Waals surface area (Å²) in [5, 5.41) is 3.54. The summed E-state index contributed by atoms with van der Waals surface area (Å²) in [6.07, 6.45) is 8.39. The maximum Gasteiger partial charge on any atom is 0.180 e. The van der Waals surface area contributed by atoms with E-state index in [4.69, 9.17) is 4.42 Å². The van der Waals surface area contributed by atoms with E-state index in [1.165, 1.54) is 51.7 Å². The first-order valence-electron chi connectivity index (χ1n) is 6.71. The molecule has 0 amide bonds. The third kappa shape index (κ3) is 4.13. The van der Waals surface area contributed by atoms with Crippen LogP contribution in [0.2, 0.25) is 0 Å². The van der Waals surface area contributed by atoms with Crippen molar-refractivity contribution in [3.63, 3.8) is 0 Å². The van der Waals surface area contributed by atoms with Gasteiger partial charge in [-0.05, 0) is 38.9 Å². The lowest BCUT2D eigenvalue weighted by molar-refractivity contribution is 0.193. The van der Waals surface area contributed by atoms with Crippen LogP contribution in [0.5, 0.6) is 0 Å². The Bertz CT molecular complexity index is 292. The molecular weight excluding hydrogens is 214 g/mol. The molecule has 1 fully saturated rings. The lowest BCUT2D eigenvalue weighted by atomic mass is 10.0. The number of piperidine rings is 1. The number of rotatable bonds is 6. The molecule has 0 saturated carbocycles. The molecule has 0 radical (unpaired) electrons. The fourth-order valence-corrected chi connectivity index (χ4v) is 2.32. The number of oxazole rings is 1. The van der Waals surface area contributed by atoms with Crippen molar-refractivity contribution in [2.24, 2.45) is 0 Å². The summed E-state index contributed by atoms with van der Waals surface area (Å²) >= 11 is 0. The summed E-state index contributed by atoms with van der Waals surface area (Å²) in [5.41, 5.74) is 0. The molecule has 2 rings (SSSR count). The van der Waals surface area contributed by atoms with E-state index in [-0.39, 0.29) is 0 Å². The molecule has 0 atom stereocenters. The monoisotopic (exact) mass is 237 g/mol. The number of hydrogen-bond donors (Lipinski definition) is 1. The topological polar surface area (TPSA) is 41.3 Å². The predicted molar refractivity (Wildman–Crippen MR) is 67.7 cm³/mol. The highest BCUT2D eigenvalue weighted by atomic mass is 16.3. The smallest absolute Gasteiger partial charge is 0.180 e. The first-order valence-corrected chi connectivity index (χ1v) is 6.71. The lowest BCUT2D eigenvalue weighted by Crippen LogP contribution is -2.42. The number of likely N-dealkylation sites (tertiary alicyclic amines) is 1. The van der Waals surface area contributed by atoms with Crippen LogP contribution in [-0.2, 0) is 6.54 Å². The molecular formula is C13H23N3O. The highest BCUT2D eigenvalue weighted by molar-refractivity contribution is 4.89. The van der Waals surface area contributed by atoms with Crippen molar-refractivity contribution in [1.29, 1.82) is 0 Å². The molecule has 0 aliphatic carbocycles. The third-order valence-corrected chi connectivity index (χ3v) is 3.46. The van der Waals surface area contributed by atoms with Crippen molar-refractivity contribution in [2.45, 2.75) is 45.2 Å². The van der Waals surface area contributed by atoms with Crippen molar-refractivity contribution < 1.29 is 4.42 Å². The van der Waals surface area contributed by atoms with Crippen LogP contribution in [0.4, 0.5) is 0 Å². The van der Waals surface area contributed by atoms with Gasteiger partial charge in [-0.15, -0.1) is 0 Å². The number of nitrogens with zero attached hydrogens (tertiary/aromatic N) is 2. The maximum atomic E-state index is 5.21. The van der Waals surface area contributed by atoms with Crippen molar-refractivity contribution in [3.8, 4) is 0 Å². The van der Waals surface area contributed by atoms with Crippen LogP contribution in [-0.4, -0.2) is 35.6 Å². The molecule has 0 unspecified atom stereocenters. The van der Waals surface area contributed by atoms with Gasteiger partial charge in [-0.2, -0.15) is 0 Å². The highest BCUT2D eigenvalue weighted by Crippen LogP contribution is 2.11. The Morgan fingerprint density at radius 3 is 2.94 bits per heavy atom. The van der Waals surface area contributed by atoms with Crippen molar-refractivity contribution in [1.82, 2.24) is 15.2 Å². The zero-order valence-corrected chi connectivity index (χ0v) is 10.7. The zero-order chi connectivity index (χ0) is 11.9. The van der Waals surface area contributed by atoms with Crippen molar-refractivity contribution >= 4 is 0 Å². The summed E-state index contributed by atoms with van der Waals surface area (Å²) in [6.45, 7) is 6.79. The predicted octanol–water partition coefficient (Wildman–Crippen LogP) is 2.03. The Morgan fingerprint density at radius 2 is 2.29 bits per heavy atom. The van der Waals surface area contributed by atoms with Crippen LogP contribution in [0.3, 0.4) is 0 Å². The minimum absolute atomic E-state index is 0.637. The molecule has 17 heavy (non-hydrogen) atoms. The Morgan fingerprint density at radius 1 is 1.47 bits per heavy atom. The van der Waals surface area contributed by atoms with Gasteiger partial charge in [0.05, 0.1) is 12.7 Å². The van der Waals surface area contributed by atoms with Gasteiger partial charge >= 0.3 is 0 Å². The van der Waals surface area contributed by atoms with Gasteiger partial charge in [-0.3, -0.25) is 0 Å². The first kappa shape index (κ1) is 12.6. The molecule has 0 spiro atoms. The van der Waals surface area contributed by atoms with E-state index in [2.05, 4.69) is 22.1 Å². The van der Waals surface area contributed by atoms with Gasteiger partial charge in [-0.25, -0.2) is 4.98 Å². The van der Waals surface area contributed by atoms with Crippen LogP contribution in [0.15, 0.2) is 17.0 Å². The molecule has 1 aromatic rings. The van der Waals surface area contributed by atoms with E-state index in [0.29, 0.717) is 6.04 Å². The number of unbranched alkanes of at least 4 members (excludes halogenated alkanes) is 1. The molecule has 0 aromatic carbocycles. The molecule has 2 heterocycles. The molecule has 1 N–H and O–H groups in total. The highest BCUT2D eigenvalue weighted by Gasteiger charge is 2.18. The third-order valence-electron chi connectivity index (χ3n) is 3.46. The standard InChI is InChI=1S/C13H23N3O/c1-2-3-6-16-7-4-12(5-8-16)15-10-13-9-14-11-17-13/h9,11-12,15H,2-8,10H2,1H3. The summed E-state index contributed by atoms with van der Waals surface area (Å²) in [5.74, 6) is 0.929. The maximum absolute atomic E-state index is 5.21. The average Bonchev–Trinajstić information content (AvgIpc) is 2.88. The molecule has 1 aliphatic rings. The quantitative estimate of drug-likeness (QED) is 0.822. The minimum atomic E-state index is 0.637. The van der Waals surface area contributed by atoms with E-state index >= 15 is 0 Å². The zero-order valence-electron chi connectivity index (χ0n) is 10.7. The van der Waals surface area contributed by atoms with E-state index in [0.717, 1.165) is 12.3 Å². The largest absolute Gasteiger partial charge is 0.447 e. The van der Waals surface area contributed by atoms with E-state index < -0.39 is 0 Å². The summed E-state index contributed by atoms with van der Waals surface area (Å²) in [7, 11) is 0. The second-order valence-corrected chi connectivity index (χ2v) is 4.82. The Balaban J connectivity index is 1.62. The van der Waals surface area contributed by atoms with Gasteiger partial charge < -0.3 is 14.6 Å². The molecule has 4 nitrogen and oxygen atoms in total. The van der Waals surface area contributed by atoms with Gasteiger partial charge in [-0.1, -0.05) is 13.3 Å². The van der Waals surface area contributed by atoms with Gasteiger partial charge in [0.1, 0.15) is 5.76 Å². The van der Waals surface area contributed by atoms with Crippen LogP contribution < -0.4 is 5.32 Å². The van der Waals surface area contributed by atoms with Gasteiger partial charge in [0.2, 0.25) is 0 Å². The Labute approximate surface area is 103 Å². The van der Waals surface area contributed by atoms with Gasteiger partial charge in [0.25, 0.3) is 0 Å². The van der Waals surface area contributed by atoms with E-state index in [9.17, 15) is 0 Å². The Hall–Kier alpha value is -0.870. The normalized spacial score (nSPS) is 18.6. The van der Waals surface area contributed by atoms with Crippen LogP contribution in [0.1, 0.15) is 38.4 Å². The van der Waals surface area contributed by atoms with Crippen molar-refractivity contribution in [2.75, 3.05) is 19.6 Å². The van der Waals surface area contributed by atoms with E-state index in [1.807, 2.05) is 0 Å². The second-order valence-electron chi connectivity index (χ2n) is 4.82. The van der Waals surface area contributed by atoms with Gasteiger partial charge in [0.15, 0.2) is 6.39 Å². The van der Waals surface area contributed by atoms with Crippen molar-refractivity contribution in [3.05, 3.63) is 18.4 Å². The SMILES string of the molecule is CCCCN1CCC(NCc2cnco2)CC1. The van der Waals surface area contributed by atoms with Gasteiger partial charge in [0, 0.05) is 6.04 Å². The molecule has 1 aliphatic heterocycles. The van der Waals surface area contributed by atoms with Crippen LogP contribution >= 0.6 is 0 Å². The molecule has 0 bridgehead atoms. The minimum Gasteiger partial charge on any atom is -0.447 e. The van der Waals surface area contributed by atoms with Crippen LogP contribution in [0.25, 0.3) is 0 Å². The summed E-state index contributed by atoms with van der Waals surface area (Å²) < 4.78 is 5.21. The number of nitrogens with one attached hydrogen (secondary N) is 1. The Kier molecular flexibility index (Phi) is 5.01. The van der Waals surface area contributed by atoms with E-state index in [1.54, 1.807) is 6.20 Å². The second kappa shape index (κ2) is 6.77. The number of hydrogen-bond acceptors (Lipinski definition) is 4. The fraction of sp³-hybridized carbons (Fsp3) is 0.769. The molecule has 1 aromatic heterocycles. The fourth-order valence-electron chi connectivity index (χ4n) is 2.32. The number of aromatic nitrogens is 1. The molecule has 4 heteroatoms. The summed E-state index contributed by atoms with van der Waals surface area (Å²) in [4.78, 5) is 6.50.